The van der Waals surface area contributed by atoms with Crippen LogP contribution in [0.3, 0.4) is 0 Å². The molecule has 2 amide bonds. The third kappa shape index (κ3) is 4.42. The van der Waals surface area contributed by atoms with E-state index in [4.69, 9.17) is 5.11 Å². The number of nitrogens with one attached hydrogen (secondary N) is 2. The normalized spacial score (nSPS) is 16.9. The summed E-state index contributed by atoms with van der Waals surface area (Å²) in [4.78, 5) is 22.1. The molecule has 0 spiro atoms. The van der Waals surface area contributed by atoms with Gasteiger partial charge in [0.05, 0.1) is 0 Å². The van der Waals surface area contributed by atoms with Gasteiger partial charge in [-0.3, -0.25) is 0 Å². The summed E-state index contributed by atoms with van der Waals surface area (Å²) in [5.74, 6) is 0.000478. The molecule has 3 N–H and O–H groups in total. The second-order valence-corrected chi connectivity index (χ2v) is 4.53. The summed E-state index contributed by atoms with van der Waals surface area (Å²) in [6.07, 6.45) is 3.73. The third-order valence-corrected chi connectivity index (χ3v) is 2.85. The van der Waals surface area contributed by atoms with E-state index in [1.165, 1.54) is 0 Å². The molecule has 0 aromatic carbocycles. The molecule has 1 aliphatic carbocycles. The fourth-order valence-corrected chi connectivity index (χ4v) is 1.58. The largest absolute Gasteiger partial charge is 0.480 e. The van der Waals surface area contributed by atoms with Crippen LogP contribution in [0.1, 0.15) is 12.8 Å². The average Bonchev–Trinajstić information content (AvgIpc) is 2.97. The van der Waals surface area contributed by atoms with Crippen molar-refractivity contribution >= 4 is 23.8 Å². The van der Waals surface area contributed by atoms with E-state index in [9.17, 15) is 9.59 Å². The molecule has 0 aromatic rings. The fraction of sp³-hybridized carbons (Fsp3) is 0.778. The van der Waals surface area contributed by atoms with Crippen LogP contribution in [0.4, 0.5) is 4.79 Å². The second kappa shape index (κ2) is 5.85. The number of amides is 2. The summed E-state index contributed by atoms with van der Waals surface area (Å²) in [5, 5.41) is 14.0. The maximum absolute atomic E-state index is 11.3. The Kier molecular flexibility index (Phi) is 4.74. The highest BCUT2D eigenvalue weighted by atomic mass is 32.2. The Bertz CT molecular complexity index is 244. The molecule has 0 saturated heterocycles. The molecule has 0 radical (unpaired) electrons. The van der Waals surface area contributed by atoms with Crippen LogP contribution in [0.5, 0.6) is 0 Å². The number of hydrogen-bond donors (Lipinski definition) is 3. The number of hydrogen-bond acceptors (Lipinski definition) is 3. The Balaban J connectivity index is 2.24. The molecule has 0 heterocycles. The number of carbonyl (C=O) groups excluding carboxylic acids is 1. The van der Waals surface area contributed by atoms with Gasteiger partial charge in [0.1, 0.15) is 6.04 Å². The van der Waals surface area contributed by atoms with Crippen molar-refractivity contribution in [2.45, 2.75) is 18.9 Å². The van der Waals surface area contributed by atoms with Crippen LogP contribution in [-0.4, -0.2) is 41.7 Å². The molecule has 15 heavy (non-hydrogen) atoms. The smallest absolute Gasteiger partial charge is 0.326 e. The van der Waals surface area contributed by atoms with Gasteiger partial charge in [-0.25, -0.2) is 9.59 Å². The molecule has 1 saturated carbocycles. The summed E-state index contributed by atoms with van der Waals surface area (Å²) < 4.78 is 0. The van der Waals surface area contributed by atoms with E-state index >= 15 is 0 Å². The van der Waals surface area contributed by atoms with Crippen molar-refractivity contribution in [1.29, 1.82) is 0 Å². The molecular weight excluding hydrogens is 216 g/mol. The Labute approximate surface area is 93.0 Å². The van der Waals surface area contributed by atoms with Gasteiger partial charge in [-0.1, -0.05) is 0 Å². The topological polar surface area (TPSA) is 78.4 Å². The molecule has 0 bridgehead atoms. The maximum atomic E-state index is 11.3. The molecule has 86 valence electrons. The van der Waals surface area contributed by atoms with Crippen LogP contribution < -0.4 is 10.6 Å². The zero-order chi connectivity index (χ0) is 11.3. The van der Waals surface area contributed by atoms with Crippen molar-refractivity contribution in [2.75, 3.05) is 18.6 Å². The van der Waals surface area contributed by atoms with Crippen LogP contribution in [-0.2, 0) is 4.79 Å². The van der Waals surface area contributed by atoms with Crippen LogP contribution in [0.15, 0.2) is 0 Å². The zero-order valence-electron chi connectivity index (χ0n) is 8.66. The van der Waals surface area contributed by atoms with E-state index in [2.05, 4.69) is 10.6 Å². The average molecular weight is 232 g/mol. The number of rotatable bonds is 6. The summed E-state index contributed by atoms with van der Waals surface area (Å²) in [7, 11) is 0. The number of carboxylic acids is 1. The standard InChI is InChI=1S/C9H16N2O3S/c1-15-5-4-10-9(14)11-7(8(12)13)6-2-3-6/h6-7H,2-5H2,1H3,(H,12,13)(H2,10,11,14). The highest BCUT2D eigenvalue weighted by Gasteiger charge is 2.37. The highest BCUT2D eigenvalue weighted by Crippen LogP contribution is 2.32. The van der Waals surface area contributed by atoms with E-state index in [0.29, 0.717) is 6.54 Å². The van der Waals surface area contributed by atoms with Crippen LogP contribution >= 0.6 is 11.8 Å². The van der Waals surface area contributed by atoms with E-state index < -0.39 is 12.0 Å². The zero-order valence-corrected chi connectivity index (χ0v) is 9.47. The maximum Gasteiger partial charge on any atom is 0.326 e. The molecule has 5 nitrogen and oxygen atoms in total. The van der Waals surface area contributed by atoms with Crippen LogP contribution in [0.25, 0.3) is 0 Å². The van der Waals surface area contributed by atoms with E-state index in [1.54, 1.807) is 11.8 Å². The summed E-state index contributed by atoms with van der Waals surface area (Å²) in [5.41, 5.74) is 0. The number of aliphatic carboxylic acids is 1. The van der Waals surface area contributed by atoms with Gasteiger partial charge >= 0.3 is 12.0 Å². The molecule has 1 unspecified atom stereocenters. The van der Waals surface area contributed by atoms with Gasteiger partial charge in [-0.2, -0.15) is 11.8 Å². The van der Waals surface area contributed by atoms with Gasteiger partial charge in [-0.05, 0) is 25.0 Å². The lowest BCUT2D eigenvalue weighted by Gasteiger charge is -2.13. The van der Waals surface area contributed by atoms with Gasteiger partial charge < -0.3 is 15.7 Å². The second-order valence-electron chi connectivity index (χ2n) is 3.55. The minimum atomic E-state index is -0.947. The lowest BCUT2D eigenvalue weighted by Crippen LogP contribution is -2.47. The molecule has 1 aliphatic rings. The molecule has 0 aromatic heterocycles. The van der Waals surface area contributed by atoms with Crippen LogP contribution in [0, 0.1) is 5.92 Å². The third-order valence-electron chi connectivity index (χ3n) is 2.24. The van der Waals surface area contributed by atoms with E-state index in [-0.39, 0.29) is 11.9 Å². The van der Waals surface area contributed by atoms with Crippen LogP contribution in [0.2, 0.25) is 0 Å². The molecule has 1 atom stereocenters. The Hall–Kier alpha value is -0.910. The fourth-order valence-electron chi connectivity index (χ4n) is 1.27. The van der Waals surface area contributed by atoms with Crippen molar-refractivity contribution in [3.05, 3.63) is 0 Å². The number of thioether (sulfide) groups is 1. The first kappa shape index (κ1) is 12.2. The van der Waals surface area contributed by atoms with Gasteiger partial charge in [0.25, 0.3) is 0 Å². The van der Waals surface area contributed by atoms with E-state index in [1.807, 2.05) is 6.26 Å². The first-order chi connectivity index (χ1) is 7.15. The summed E-state index contributed by atoms with van der Waals surface area (Å²) in [6, 6.07) is -1.11. The Morgan fingerprint density at radius 2 is 2.20 bits per heavy atom. The van der Waals surface area contributed by atoms with Crippen molar-refractivity contribution in [3.8, 4) is 0 Å². The summed E-state index contributed by atoms with van der Waals surface area (Å²) >= 11 is 1.63. The predicted molar refractivity (Wildman–Crippen MR) is 59.1 cm³/mol. The van der Waals surface area contributed by atoms with Gasteiger partial charge in [0.2, 0.25) is 0 Å². The molecule has 1 fully saturated rings. The SMILES string of the molecule is CSCCNC(=O)NC(C(=O)O)C1CC1. The first-order valence-corrected chi connectivity index (χ1v) is 6.30. The Morgan fingerprint density at radius 1 is 1.53 bits per heavy atom. The van der Waals surface area contributed by atoms with Gasteiger partial charge in [-0.15, -0.1) is 0 Å². The molecular formula is C9H16N2O3S. The molecule has 1 rings (SSSR count). The van der Waals surface area contributed by atoms with Crippen molar-refractivity contribution in [1.82, 2.24) is 10.6 Å². The minimum absolute atomic E-state index is 0.119. The molecule has 0 aliphatic heterocycles. The quantitative estimate of drug-likeness (QED) is 0.583. The lowest BCUT2D eigenvalue weighted by atomic mass is 10.2. The van der Waals surface area contributed by atoms with Crippen molar-refractivity contribution in [3.63, 3.8) is 0 Å². The number of urea groups is 1. The number of carboxylic acid groups (broad SMARTS) is 1. The molecule has 6 heteroatoms. The van der Waals surface area contributed by atoms with Crippen molar-refractivity contribution < 1.29 is 14.7 Å². The van der Waals surface area contributed by atoms with Gasteiger partial charge in [0, 0.05) is 12.3 Å². The van der Waals surface area contributed by atoms with E-state index in [0.717, 1.165) is 18.6 Å². The first-order valence-electron chi connectivity index (χ1n) is 4.91. The van der Waals surface area contributed by atoms with Crippen molar-refractivity contribution in [2.24, 2.45) is 5.92 Å². The predicted octanol–water partition coefficient (Wildman–Crippen LogP) is 0.512. The highest BCUT2D eigenvalue weighted by molar-refractivity contribution is 7.98. The van der Waals surface area contributed by atoms with Gasteiger partial charge in [0.15, 0.2) is 0 Å². The Morgan fingerprint density at radius 3 is 2.67 bits per heavy atom. The number of carbonyl (C=O) groups is 2. The summed E-state index contributed by atoms with van der Waals surface area (Å²) in [6.45, 7) is 0.560. The minimum Gasteiger partial charge on any atom is -0.480 e. The lowest BCUT2D eigenvalue weighted by molar-refractivity contribution is -0.139. The monoisotopic (exact) mass is 232 g/mol.